The number of rotatable bonds is 10. The first-order valence-corrected chi connectivity index (χ1v) is 13.0. The molecule has 1 aliphatic carbocycles. The molecule has 2 aliphatic rings. The van der Waals surface area contributed by atoms with Crippen molar-refractivity contribution in [2.75, 3.05) is 44.4 Å². The van der Waals surface area contributed by atoms with Gasteiger partial charge in [-0.05, 0) is 48.3 Å². The van der Waals surface area contributed by atoms with Crippen LogP contribution in [0.3, 0.4) is 0 Å². The number of halogens is 1. The van der Waals surface area contributed by atoms with Crippen LogP contribution >= 0.6 is 12.4 Å². The number of nitrogens with zero attached hydrogens (tertiary/aromatic N) is 1. The standard InChI is InChI=1S/C25H33NO3S.ClH/c27-30(28,20-23-9-10-23)16-11-22-7-4-8-24(17-22)25(18-21-5-2-1-3-6-21)19-26-12-14-29-15-13-26;/h1-8,17,23,25H,9-16,18-20H2;1H. The number of benzene rings is 2. The molecule has 1 aliphatic heterocycles. The molecule has 0 amide bonds. The van der Waals surface area contributed by atoms with Crippen LogP contribution in [-0.2, 0) is 27.4 Å². The molecule has 1 saturated carbocycles. The zero-order valence-electron chi connectivity index (χ0n) is 18.1. The smallest absolute Gasteiger partial charge is 0.150 e. The van der Waals surface area contributed by atoms with Gasteiger partial charge in [0.05, 0.1) is 24.7 Å². The molecule has 4 rings (SSSR count). The van der Waals surface area contributed by atoms with E-state index in [0.717, 1.165) is 57.7 Å². The van der Waals surface area contributed by atoms with Crippen molar-refractivity contribution < 1.29 is 13.2 Å². The number of morpholine rings is 1. The van der Waals surface area contributed by atoms with Crippen LogP contribution in [0, 0.1) is 5.92 Å². The molecule has 1 heterocycles. The van der Waals surface area contributed by atoms with E-state index in [-0.39, 0.29) is 18.2 Å². The average molecular weight is 464 g/mol. The summed E-state index contributed by atoms with van der Waals surface area (Å²) < 4.78 is 30.2. The van der Waals surface area contributed by atoms with Gasteiger partial charge in [0, 0.05) is 25.6 Å². The molecule has 4 nitrogen and oxygen atoms in total. The van der Waals surface area contributed by atoms with Gasteiger partial charge in [-0.1, -0.05) is 54.6 Å². The maximum atomic E-state index is 12.4. The molecule has 0 bridgehead atoms. The fraction of sp³-hybridized carbons (Fsp3) is 0.520. The molecule has 1 saturated heterocycles. The first kappa shape index (κ1) is 24.2. The van der Waals surface area contributed by atoms with Crippen LogP contribution in [-0.4, -0.2) is 57.7 Å². The molecule has 0 spiro atoms. The van der Waals surface area contributed by atoms with Crippen molar-refractivity contribution in [2.45, 2.75) is 31.6 Å². The summed E-state index contributed by atoms with van der Waals surface area (Å²) >= 11 is 0. The predicted octanol–water partition coefficient (Wildman–Crippen LogP) is 4.13. The van der Waals surface area contributed by atoms with Gasteiger partial charge in [-0.25, -0.2) is 8.42 Å². The zero-order chi connectivity index (χ0) is 20.8. The Morgan fingerprint density at radius 2 is 1.68 bits per heavy atom. The fourth-order valence-corrected chi connectivity index (χ4v) is 6.05. The summed E-state index contributed by atoms with van der Waals surface area (Å²) in [6.45, 7) is 4.56. The minimum Gasteiger partial charge on any atom is -0.379 e. The molecule has 0 radical (unpaired) electrons. The molecule has 31 heavy (non-hydrogen) atoms. The van der Waals surface area contributed by atoms with Gasteiger partial charge < -0.3 is 4.74 Å². The molecule has 2 fully saturated rings. The van der Waals surface area contributed by atoms with E-state index in [1.54, 1.807) is 0 Å². The molecule has 2 aromatic carbocycles. The van der Waals surface area contributed by atoms with Gasteiger partial charge in [0.15, 0.2) is 9.84 Å². The Balaban J connectivity index is 0.00000272. The Bertz CT molecular complexity index is 909. The first-order valence-electron chi connectivity index (χ1n) is 11.2. The molecule has 0 aromatic heterocycles. The summed E-state index contributed by atoms with van der Waals surface area (Å²) in [6, 6.07) is 19.3. The third kappa shape index (κ3) is 7.90. The quantitative estimate of drug-likeness (QED) is 0.531. The fourth-order valence-electron chi connectivity index (χ4n) is 4.28. The second-order valence-corrected chi connectivity index (χ2v) is 11.1. The number of hydrogen-bond acceptors (Lipinski definition) is 4. The zero-order valence-corrected chi connectivity index (χ0v) is 19.8. The minimum absolute atomic E-state index is 0. The molecule has 2 aromatic rings. The van der Waals surface area contributed by atoms with Crippen molar-refractivity contribution in [3.05, 3.63) is 71.3 Å². The van der Waals surface area contributed by atoms with E-state index >= 15 is 0 Å². The normalized spacial score (nSPS) is 18.3. The van der Waals surface area contributed by atoms with Gasteiger partial charge in [0.2, 0.25) is 0 Å². The number of sulfone groups is 1. The maximum Gasteiger partial charge on any atom is 0.150 e. The Kier molecular flexibility index (Phi) is 8.96. The van der Waals surface area contributed by atoms with Crippen molar-refractivity contribution in [1.29, 1.82) is 0 Å². The SMILES string of the molecule is Cl.O=S(=O)(CCc1cccc(C(Cc2ccccc2)CN2CCOCC2)c1)CC1CC1. The van der Waals surface area contributed by atoms with Crippen LogP contribution in [0.25, 0.3) is 0 Å². The summed E-state index contributed by atoms with van der Waals surface area (Å²) in [5.74, 6) is 1.44. The monoisotopic (exact) mass is 463 g/mol. The highest BCUT2D eigenvalue weighted by Gasteiger charge is 2.27. The second kappa shape index (κ2) is 11.5. The molecule has 6 heteroatoms. The Morgan fingerprint density at radius 3 is 2.39 bits per heavy atom. The van der Waals surface area contributed by atoms with Crippen LogP contribution in [0.5, 0.6) is 0 Å². The Hall–Kier alpha value is -1.40. The third-order valence-corrected chi connectivity index (χ3v) is 8.02. The van der Waals surface area contributed by atoms with E-state index in [1.165, 1.54) is 11.1 Å². The predicted molar refractivity (Wildman–Crippen MR) is 129 cm³/mol. The van der Waals surface area contributed by atoms with Gasteiger partial charge in [-0.3, -0.25) is 4.90 Å². The molecule has 1 unspecified atom stereocenters. The van der Waals surface area contributed by atoms with E-state index in [0.29, 0.717) is 24.0 Å². The van der Waals surface area contributed by atoms with Crippen molar-refractivity contribution in [1.82, 2.24) is 4.90 Å². The van der Waals surface area contributed by atoms with Crippen LogP contribution in [0.15, 0.2) is 54.6 Å². The minimum atomic E-state index is -2.94. The largest absolute Gasteiger partial charge is 0.379 e. The van der Waals surface area contributed by atoms with Crippen molar-refractivity contribution >= 4 is 22.2 Å². The second-order valence-electron chi connectivity index (χ2n) is 8.85. The molecular weight excluding hydrogens is 430 g/mol. The highest BCUT2D eigenvalue weighted by Crippen LogP contribution is 2.30. The van der Waals surface area contributed by atoms with E-state index in [4.69, 9.17) is 4.74 Å². The van der Waals surface area contributed by atoms with Gasteiger partial charge in [0.25, 0.3) is 0 Å². The van der Waals surface area contributed by atoms with Gasteiger partial charge in [-0.15, -0.1) is 12.4 Å². The molecular formula is C25H34ClNO3S. The lowest BCUT2D eigenvalue weighted by Crippen LogP contribution is -2.39. The lowest BCUT2D eigenvalue weighted by Gasteiger charge is -2.31. The Morgan fingerprint density at radius 1 is 0.968 bits per heavy atom. The van der Waals surface area contributed by atoms with Gasteiger partial charge in [-0.2, -0.15) is 0 Å². The van der Waals surface area contributed by atoms with Crippen molar-refractivity contribution in [3.63, 3.8) is 0 Å². The highest BCUT2D eigenvalue weighted by molar-refractivity contribution is 7.91. The van der Waals surface area contributed by atoms with E-state index in [9.17, 15) is 8.42 Å². The maximum absolute atomic E-state index is 12.4. The lowest BCUT2D eigenvalue weighted by atomic mass is 9.90. The van der Waals surface area contributed by atoms with Crippen LogP contribution < -0.4 is 0 Å². The molecule has 1 atom stereocenters. The number of ether oxygens (including phenoxy) is 1. The third-order valence-electron chi connectivity index (χ3n) is 6.22. The van der Waals surface area contributed by atoms with Crippen molar-refractivity contribution in [2.24, 2.45) is 5.92 Å². The summed E-state index contributed by atoms with van der Waals surface area (Å²) in [6.07, 6.45) is 3.76. The van der Waals surface area contributed by atoms with Crippen LogP contribution in [0.2, 0.25) is 0 Å². The number of aryl methyl sites for hydroxylation is 1. The lowest BCUT2D eigenvalue weighted by molar-refractivity contribution is 0.0350. The first-order chi connectivity index (χ1) is 14.6. The average Bonchev–Trinajstić information content (AvgIpc) is 3.57. The van der Waals surface area contributed by atoms with Gasteiger partial charge >= 0.3 is 0 Å². The topological polar surface area (TPSA) is 46.6 Å². The summed E-state index contributed by atoms with van der Waals surface area (Å²) in [7, 11) is -2.94. The molecule has 170 valence electrons. The number of hydrogen-bond donors (Lipinski definition) is 0. The summed E-state index contributed by atoms with van der Waals surface area (Å²) in [5.41, 5.74) is 3.78. The summed E-state index contributed by atoms with van der Waals surface area (Å²) in [5, 5.41) is 0. The van der Waals surface area contributed by atoms with E-state index in [2.05, 4.69) is 59.5 Å². The molecule has 0 N–H and O–H groups in total. The van der Waals surface area contributed by atoms with E-state index < -0.39 is 9.84 Å². The highest BCUT2D eigenvalue weighted by atomic mass is 35.5. The summed E-state index contributed by atoms with van der Waals surface area (Å²) in [4.78, 5) is 2.49. The van der Waals surface area contributed by atoms with E-state index in [1.807, 2.05) is 0 Å². The van der Waals surface area contributed by atoms with Crippen LogP contribution in [0.1, 0.15) is 35.4 Å². The van der Waals surface area contributed by atoms with Crippen LogP contribution in [0.4, 0.5) is 0 Å². The Labute approximate surface area is 193 Å². The van der Waals surface area contributed by atoms with Crippen molar-refractivity contribution in [3.8, 4) is 0 Å². The van der Waals surface area contributed by atoms with Gasteiger partial charge in [0.1, 0.15) is 0 Å².